The van der Waals surface area contributed by atoms with Crippen molar-refractivity contribution >= 4 is 16.3 Å². The van der Waals surface area contributed by atoms with E-state index in [2.05, 4.69) is 9.44 Å². The predicted molar refractivity (Wildman–Crippen MR) is 23.4 cm³/mol. The quantitative estimate of drug-likeness (QED) is 0.427. The zero-order valence-corrected chi connectivity index (χ0v) is 4.18. The van der Waals surface area contributed by atoms with Crippen LogP contribution >= 0.6 is 0 Å². The van der Waals surface area contributed by atoms with E-state index in [0.717, 1.165) is 0 Å². The molecule has 7 heavy (non-hydrogen) atoms. The lowest BCUT2D eigenvalue weighted by Gasteiger charge is -1.82. The lowest BCUT2D eigenvalue weighted by Crippen LogP contribution is -1.99. The highest BCUT2D eigenvalue weighted by atomic mass is 32.2. The van der Waals surface area contributed by atoms with E-state index in [4.69, 9.17) is 0 Å². The van der Waals surface area contributed by atoms with Gasteiger partial charge in [0.25, 0.3) is 0 Å². The van der Waals surface area contributed by atoms with Crippen molar-refractivity contribution in [2.45, 2.75) is 0 Å². The molecule has 0 fully saturated rings. The molecule has 1 aliphatic heterocycles. The summed E-state index contributed by atoms with van der Waals surface area (Å²) in [5.41, 5.74) is 0. The van der Waals surface area contributed by atoms with Gasteiger partial charge in [0.2, 0.25) is 0 Å². The van der Waals surface area contributed by atoms with Crippen molar-refractivity contribution in [1.29, 1.82) is 0 Å². The first-order valence-corrected chi connectivity index (χ1v) is 3.22. The SMILES string of the molecule is O=S1(=O)CC=NO1. The Morgan fingerprint density at radius 2 is 2.43 bits per heavy atom. The molecule has 40 valence electrons. The third-order valence-electron chi connectivity index (χ3n) is 0.510. The van der Waals surface area contributed by atoms with Gasteiger partial charge in [-0.1, -0.05) is 5.16 Å². The number of oxime groups is 1. The first-order valence-electron chi connectivity index (χ1n) is 1.64. The molecule has 0 N–H and O–H groups in total. The summed E-state index contributed by atoms with van der Waals surface area (Å²) in [6, 6.07) is 0. The monoisotopic (exact) mass is 121 g/mol. The van der Waals surface area contributed by atoms with Gasteiger partial charge in [-0.25, -0.2) is 0 Å². The molecule has 0 unspecified atom stereocenters. The number of hydrogen-bond acceptors (Lipinski definition) is 4. The van der Waals surface area contributed by atoms with Gasteiger partial charge >= 0.3 is 10.1 Å². The van der Waals surface area contributed by atoms with E-state index in [9.17, 15) is 8.42 Å². The second kappa shape index (κ2) is 1.19. The average molecular weight is 121 g/mol. The molecule has 0 aromatic carbocycles. The second-order valence-electron chi connectivity index (χ2n) is 1.09. The van der Waals surface area contributed by atoms with Gasteiger partial charge in [-0.05, 0) is 0 Å². The molecule has 4 nitrogen and oxygen atoms in total. The van der Waals surface area contributed by atoms with Crippen molar-refractivity contribution in [3.8, 4) is 0 Å². The molecule has 1 heterocycles. The topological polar surface area (TPSA) is 55.7 Å². The molecule has 5 heteroatoms. The summed E-state index contributed by atoms with van der Waals surface area (Å²) in [6.07, 6.45) is 1.20. The van der Waals surface area contributed by atoms with Gasteiger partial charge in [0.15, 0.2) is 0 Å². The van der Waals surface area contributed by atoms with Crippen LogP contribution < -0.4 is 0 Å². The van der Waals surface area contributed by atoms with E-state index in [0.29, 0.717) is 0 Å². The third kappa shape index (κ3) is 0.894. The molecular weight excluding hydrogens is 118 g/mol. The fraction of sp³-hybridized carbons (Fsp3) is 0.500. The van der Waals surface area contributed by atoms with Crippen molar-refractivity contribution in [3.63, 3.8) is 0 Å². The van der Waals surface area contributed by atoms with Crippen LogP contribution in [0.2, 0.25) is 0 Å². The van der Waals surface area contributed by atoms with Crippen molar-refractivity contribution < 1.29 is 12.7 Å². The molecule has 0 radical (unpaired) electrons. The minimum absolute atomic E-state index is 0.0903. The third-order valence-corrected chi connectivity index (χ3v) is 1.38. The summed E-state index contributed by atoms with van der Waals surface area (Å²) in [7, 11) is -3.27. The van der Waals surface area contributed by atoms with Crippen LogP contribution in [-0.2, 0) is 14.4 Å². The molecule has 0 aromatic rings. The Kier molecular flexibility index (Phi) is 0.780. The summed E-state index contributed by atoms with van der Waals surface area (Å²) < 4.78 is 24.0. The molecule has 0 aliphatic carbocycles. The fourth-order valence-corrected chi connectivity index (χ4v) is 0.744. The number of rotatable bonds is 0. The Hall–Kier alpha value is -0.580. The van der Waals surface area contributed by atoms with Crippen molar-refractivity contribution in [1.82, 2.24) is 0 Å². The van der Waals surface area contributed by atoms with E-state index < -0.39 is 10.1 Å². The van der Waals surface area contributed by atoms with E-state index in [1.807, 2.05) is 0 Å². The van der Waals surface area contributed by atoms with Crippen LogP contribution in [0.5, 0.6) is 0 Å². The van der Waals surface area contributed by atoms with Crippen molar-refractivity contribution in [3.05, 3.63) is 0 Å². The first kappa shape index (κ1) is 4.58. The zero-order valence-electron chi connectivity index (χ0n) is 3.36. The van der Waals surface area contributed by atoms with Crippen molar-refractivity contribution in [2.75, 3.05) is 5.75 Å². The summed E-state index contributed by atoms with van der Waals surface area (Å²) in [5.74, 6) is -0.0903. The Morgan fingerprint density at radius 1 is 1.71 bits per heavy atom. The molecule has 0 aromatic heterocycles. The fourth-order valence-electron chi connectivity index (χ4n) is 0.248. The molecule has 0 bridgehead atoms. The van der Waals surface area contributed by atoms with Crippen molar-refractivity contribution in [2.24, 2.45) is 5.16 Å². The van der Waals surface area contributed by atoms with Gasteiger partial charge in [-0.2, -0.15) is 8.42 Å². The molecule has 0 amide bonds. The minimum atomic E-state index is -3.27. The maximum Gasteiger partial charge on any atom is 0.333 e. The van der Waals surface area contributed by atoms with Gasteiger partial charge in [0, 0.05) is 0 Å². The number of hydrogen-bond donors (Lipinski definition) is 0. The number of nitrogens with zero attached hydrogens (tertiary/aromatic N) is 1. The molecular formula is C2H3NO3S. The second-order valence-corrected chi connectivity index (χ2v) is 2.68. The molecule has 1 aliphatic rings. The van der Waals surface area contributed by atoms with Gasteiger partial charge in [0.1, 0.15) is 5.75 Å². The van der Waals surface area contributed by atoms with Crippen LogP contribution in [0.1, 0.15) is 0 Å². The smallest absolute Gasteiger partial charge is 0.268 e. The van der Waals surface area contributed by atoms with Gasteiger partial charge in [0.05, 0.1) is 6.21 Å². The molecule has 0 saturated heterocycles. The van der Waals surface area contributed by atoms with Gasteiger partial charge < -0.3 is 0 Å². The highest BCUT2D eigenvalue weighted by molar-refractivity contribution is 7.87. The largest absolute Gasteiger partial charge is 0.333 e. The Morgan fingerprint density at radius 3 is 2.57 bits per heavy atom. The molecule has 0 saturated carbocycles. The summed E-state index contributed by atoms with van der Waals surface area (Å²) in [5, 5.41) is 3.02. The van der Waals surface area contributed by atoms with Crippen LogP contribution in [0.15, 0.2) is 5.16 Å². The van der Waals surface area contributed by atoms with Crippen LogP contribution in [0.4, 0.5) is 0 Å². The summed E-state index contributed by atoms with van der Waals surface area (Å²) in [6.45, 7) is 0. The maximum absolute atomic E-state index is 10.1. The highest BCUT2D eigenvalue weighted by Gasteiger charge is 2.13. The van der Waals surface area contributed by atoms with Crippen LogP contribution in [-0.4, -0.2) is 20.4 Å². The molecule has 0 atom stereocenters. The first-order chi connectivity index (χ1) is 3.21. The van der Waals surface area contributed by atoms with E-state index >= 15 is 0 Å². The van der Waals surface area contributed by atoms with E-state index in [1.165, 1.54) is 6.21 Å². The molecule has 0 spiro atoms. The highest BCUT2D eigenvalue weighted by Crippen LogP contribution is 1.96. The van der Waals surface area contributed by atoms with Crippen LogP contribution in [0.3, 0.4) is 0 Å². The standard InChI is InChI=1S/C2H3NO3S/c4-7(5)2-1-3-6-7/h1H,2H2. The predicted octanol–water partition coefficient (Wildman–Crippen LogP) is -0.668. The zero-order chi connectivity index (χ0) is 5.33. The van der Waals surface area contributed by atoms with Crippen LogP contribution in [0.25, 0.3) is 0 Å². The van der Waals surface area contributed by atoms with Gasteiger partial charge in [-0.3, -0.25) is 4.28 Å². The van der Waals surface area contributed by atoms with Crippen LogP contribution in [0, 0.1) is 0 Å². The Bertz CT molecular complexity index is 165. The molecule has 1 rings (SSSR count). The average Bonchev–Trinajstić information content (AvgIpc) is 1.84. The lowest BCUT2D eigenvalue weighted by molar-refractivity contribution is 0.354. The summed E-state index contributed by atoms with van der Waals surface area (Å²) in [4.78, 5) is 0. The Labute approximate surface area is 40.9 Å². The van der Waals surface area contributed by atoms with E-state index in [-0.39, 0.29) is 5.75 Å². The van der Waals surface area contributed by atoms with Gasteiger partial charge in [-0.15, -0.1) is 0 Å². The Balaban J connectivity index is 2.88. The lowest BCUT2D eigenvalue weighted by atomic mass is 10.9. The van der Waals surface area contributed by atoms with E-state index in [1.54, 1.807) is 0 Å². The normalized spacial score (nSPS) is 24.6. The minimum Gasteiger partial charge on any atom is -0.268 e. The summed E-state index contributed by atoms with van der Waals surface area (Å²) >= 11 is 0. The maximum atomic E-state index is 10.1.